The van der Waals surface area contributed by atoms with Crippen LogP contribution in [0.25, 0.3) is 16.9 Å². The Morgan fingerprint density at radius 3 is 2.76 bits per heavy atom. The van der Waals surface area contributed by atoms with Gasteiger partial charge >= 0.3 is 0 Å². The molecule has 1 aromatic carbocycles. The maximum Gasteiger partial charge on any atom is 0.162 e. The van der Waals surface area contributed by atoms with Crippen LogP contribution in [0, 0.1) is 0 Å². The third kappa shape index (κ3) is 3.05. The van der Waals surface area contributed by atoms with E-state index in [1.807, 2.05) is 24.3 Å². The second-order valence-electron chi connectivity index (χ2n) is 6.28. The summed E-state index contributed by atoms with van der Waals surface area (Å²) in [5, 5.41) is 13.7. The molecule has 2 heterocycles. The van der Waals surface area contributed by atoms with Gasteiger partial charge < -0.3 is 14.6 Å². The van der Waals surface area contributed by atoms with Gasteiger partial charge in [-0.2, -0.15) is 5.10 Å². The number of methoxy groups -OCH3 is 1. The highest BCUT2D eigenvalue weighted by atomic mass is 16.5. The van der Waals surface area contributed by atoms with E-state index in [9.17, 15) is 5.11 Å². The molecule has 1 saturated carbocycles. The van der Waals surface area contributed by atoms with E-state index in [2.05, 4.69) is 10.1 Å². The van der Waals surface area contributed by atoms with Gasteiger partial charge in [0.25, 0.3) is 0 Å². The first-order valence-corrected chi connectivity index (χ1v) is 8.58. The number of rotatable bonds is 5. The zero-order valence-electron chi connectivity index (χ0n) is 14.2. The number of aliphatic hydroxyl groups is 1. The van der Waals surface area contributed by atoms with E-state index in [0.717, 1.165) is 35.6 Å². The highest BCUT2D eigenvalue weighted by molar-refractivity contribution is 5.66. The number of aliphatic hydroxyl groups excluding tert-OH is 1. The fourth-order valence-corrected chi connectivity index (χ4v) is 3.35. The summed E-state index contributed by atoms with van der Waals surface area (Å²) in [6.07, 6.45) is 6.61. The molecule has 1 N–H and O–H groups in total. The highest BCUT2D eigenvalue weighted by Crippen LogP contribution is 2.35. The van der Waals surface area contributed by atoms with Crippen LogP contribution in [-0.2, 0) is 6.61 Å². The minimum absolute atomic E-state index is 0.110. The topological polar surface area (TPSA) is 68.9 Å². The normalized spacial score (nSPS) is 15.0. The molecule has 2 aromatic heterocycles. The van der Waals surface area contributed by atoms with E-state index in [0.29, 0.717) is 11.3 Å². The van der Waals surface area contributed by atoms with Crippen LogP contribution in [0.15, 0.2) is 36.5 Å². The summed E-state index contributed by atoms with van der Waals surface area (Å²) in [6.45, 7) is -0.110. The molecular formula is C19H21N3O3. The van der Waals surface area contributed by atoms with Crippen molar-refractivity contribution < 1.29 is 14.6 Å². The van der Waals surface area contributed by atoms with Crippen molar-refractivity contribution in [2.45, 2.75) is 38.4 Å². The van der Waals surface area contributed by atoms with E-state index in [1.165, 1.54) is 12.8 Å². The van der Waals surface area contributed by atoms with Crippen molar-refractivity contribution in [2.24, 2.45) is 0 Å². The van der Waals surface area contributed by atoms with Crippen LogP contribution in [-0.4, -0.2) is 32.9 Å². The van der Waals surface area contributed by atoms with Crippen LogP contribution in [0.2, 0.25) is 0 Å². The van der Waals surface area contributed by atoms with Gasteiger partial charge in [0.1, 0.15) is 0 Å². The molecular weight excluding hydrogens is 318 g/mol. The lowest BCUT2D eigenvalue weighted by Gasteiger charge is -2.17. The van der Waals surface area contributed by atoms with Gasteiger partial charge in [-0.25, -0.2) is 9.50 Å². The fourth-order valence-electron chi connectivity index (χ4n) is 3.35. The number of benzene rings is 1. The lowest BCUT2D eigenvalue weighted by atomic mass is 10.1. The molecule has 1 fully saturated rings. The SMILES string of the molecule is COc1ccc(-c2ccnc3cc(CO)nn23)cc1OC1CCCC1. The number of nitrogens with zero attached hydrogens (tertiary/aromatic N) is 3. The van der Waals surface area contributed by atoms with Crippen LogP contribution >= 0.6 is 0 Å². The molecule has 4 rings (SSSR count). The summed E-state index contributed by atoms with van der Waals surface area (Å²) in [4.78, 5) is 4.31. The van der Waals surface area contributed by atoms with Gasteiger partial charge in [-0.05, 0) is 49.9 Å². The Kier molecular flexibility index (Phi) is 4.28. The molecule has 3 aromatic rings. The van der Waals surface area contributed by atoms with Crippen LogP contribution in [0.5, 0.6) is 11.5 Å². The second-order valence-corrected chi connectivity index (χ2v) is 6.28. The Hall–Kier alpha value is -2.60. The molecule has 0 amide bonds. The molecule has 0 aliphatic heterocycles. The smallest absolute Gasteiger partial charge is 0.162 e. The molecule has 0 bridgehead atoms. The average Bonchev–Trinajstić information content (AvgIpc) is 3.30. The van der Waals surface area contributed by atoms with E-state index < -0.39 is 0 Å². The Labute approximate surface area is 146 Å². The van der Waals surface area contributed by atoms with Gasteiger partial charge in [0.15, 0.2) is 17.1 Å². The van der Waals surface area contributed by atoms with E-state index in [4.69, 9.17) is 9.47 Å². The summed E-state index contributed by atoms with van der Waals surface area (Å²) in [6, 6.07) is 9.58. The number of aromatic nitrogens is 3. The number of hydrogen-bond acceptors (Lipinski definition) is 5. The highest BCUT2D eigenvalue weighted by Gasteiger charge is 2.19. The average molecular weight is 339 g/mol. The molecule has 1 aliphatic carbocycles. The quantitative estimate of drug-likeness (QED) is 0.773. The Morgan fingerprint density at radius 2 is 2.00 bits per heavy atom. The Morgan fingerprint density at radius 1 is 1.16 bits per heavy atom. The number of fused-ring (bicyclic) bond motifs is 1. The lowest BCUT2D eigenvalue weighted by molar-refractivity contribution is 0.201. The minimum atomic E-state index is -0.110. The van der Waals surface area contributed by atoms with Gasteiger partial charge in [0, 0.05) is 17.8 Å². The largest absolute Gasteiger partial charge is 0.493 e. The summed E-state index contributed by atoms with van der Waals surface area (Å²) < 4.78 is 13.4. The zero-order chi connectivity index (χ0) is 17.2. The zero-order valence-corrected chi connectivity index (χ0v) is 14.2. The molecule has 0 radical (unpaired) electrons. The summed E-state index contributed by atoms with van der Waals surface area (Å²) >= 11 is 0. The maximum absolute atomic E-state index is 9.33. The molecule has 6 nitrogen and oxygen atoms in total. The standard InChI is InChI=1S/C19H21N3O3/c1-24-17-7-6-13(10-18(17)25-15-4-2-3-5-15)16-8-9-20-19-11-14(12-23)21-22(16)19/h6-11,15,23H,2-5,12H2,1H3. The Bertz CT molecular complexity index is 885. The predicted octanol–water partition coefficient (Wildman–Crippen LogP) is 3.22. The summed E-state index contributed by atoms with van der Waals surface area (Å²) in [5.74, 6) is 1.49. The Balaban J connectivity index is 1.76. The fraction of sp³-hybridized carbons (Fsp3) is 0.368. The van der Waals surface area contributed by atoms with E-state index in [1.54, 1.807) is 23.9 Å². The molecule has 25 heavy (non-hydrogen) atoms. The first kappa shape index (κ1) is 15.9. The minimum Gasteiger partial charge on any atom is -0.493 e. The molecule has 0 unspecified atom stereocenters. The predicted molar refractivity (Wildman–Crippen MR) is 93.8 cm³/mol. The first-order chi connectivity index (χ1) is 12.3. The van der Waals surface area contributed by atoms with Crippen molar-refractivity contribution in [3.05, 3.63) is 42.2 Å². The number of hydrogen-bond donors (Lipinski definition) is 1. The van der Waals surface area contributed by atoms with Gasteiger partial charge in [0.2, 0.25) is 0 Å². The van der Waals surface area contributed by atoms with Crippen molar-refractivity contribution in [2.75, 3.05) is 7.11 Å². The third-order valence-electron chi connectivity index (χ3n) is 4.63. The van der Waals surface area contributed by atoms with Crippen LogP contribution in [0.4, 0.5) is 0 Å². The molecule has 0 spiro atoms. The lowest BCUT2D eigenvalue weighted by Crippen LogP contribution is -2.11. The van der Waals surface area contributed by atoms with Gasteiger partial charge in [0.05, 0.1) is 31.2 Å². The molecule has 0 atom stereocenters. The number of ether oxygens (including phenoxy) is 2. The molecule has 130 valence electrons. The molecule has 1 aliphatic rings. The molecule has 6 heteroatoms. The van der Waals surface area contributed by atoms with Crippen LogP contribution in [0.3, 0.4) is 0 Å². The summed E-state index contributed by atoms with van der Waals surface area (Å²) in [5.41, 5.74) is 3.16. The second kappa shape index (κ2) is 6.72. The maximum atomic E-state index is 9.33. The third-order valence-corrected chi connectivity index (χ3v) is 4.63. The van der Waals surface area contributed by atoms with Gasteiger partial charge in [-0.3, -0.25) is 0 Å². The molecule has 0 saturated heterocycles. The van der Waals surface area contributed by atoms with Crippen molar-refractivity contribution in [1.82, 2.24) is 14.6 Å². The van der Waals surface area contributed by atoms with Crippen molar-refractivity contribution >= 4 is 5.65 Å². The monoisotopic (exact) mass is 339 g/mol. The van der Waals surface area contributed by atoms with Crippen LogP contribution in [0.1, 0.15) is 31.4 Å². The van der Waals surface area contributed by atoms with Gasteiger partial charge in [-0.1, -0.05) is 0 Å². The van der Waals surface area contributed by atoms with Crippen molar-refractivity contribution in [1.29, 1.82) is 0 Å². The van der Waals surface area contributed by atoms with Crippen molar-refractivity contribution in [3.8, 4) is 22.8 Å². The van der Waals surface area contributed by atoms with E-state index >= 15 is 0 Å². The first-order valence-electron chi connectivity index (χ1n) is 8.58. The van der Waals surface area contributed by atoms with Gasteiger partial charge in [-0.15, -0.1) is 0 Å². The van der Waals surface area contributed by atoms with Crippen LogP contribution < -0.4 is 9.47 Å². The van der Waals surface area contributed by atoms with E-state index in [-0.39, 0.29) is 12.7 Å². The summed E-state index contributed by atoms with van der Waals surface area (Å²) in [7, 11) is 1.65. The van der Waals surface area contributed by atoms with Crippen molar-refractivity contribution in [3.63, 3.8) is 0 Å².